The van der Waals surface area contributed by atoms with Gasteiger partial charge in [0.1, 0.15) is 5.82 Å². The van der Waals surface area contributed by atoms with Gasteiger partial charge in [0.05, 0.1) is 5.56 Å². The van der Waals surface area contributed by atoms with E-state index in [-0.39, 0.29) is 23.1 Å². The number of benzene rings is 2. The number of piperazine rings is 1. The number of nitrogens with zero attached hydrogens (tertiary/aromatic N) is 3. The number of fused-ring (bicyclic) bond motifs is 1. The normalized spacial score (nSPS) is 14.8. The standard InChI is InChI=1S/C29H36N4O4/c1-18(2)14-27(34)33-12-10-32(11-13-33)26-17-23-22(15-19(3)16-24(23)28(35)31(26)5)20(4)30-25-9-7-6-8-21(25)29(36)37/h6-9,15-18,20,30H,10-14H2,1-5H3,(H,36,37). The largest absolute Gasteiger partial charge is 0.478 e. The SMILES string of the molecule is Cc1cc(C(C)Nc2ccccc2C(=O)O)c2cc(N3CCN(C(=O)CC(C)C)CC3)n(C)c(=O)c2c1. The van der Waals surface area contributed by atoms with Crippen molar-refractivity contribution in [3.63, 3.8) is 0 Å². The lowest BCUT2D eigenvalue weighted by Gasteiger charge is -2.37. The molecule has 2 heterocycles. The van der Waals surface area contributed by atoms with Crippen LogP contribution in [0.5, 0.6) is 0 Å². The van der Waals surface area contributed by atoms with Crippen molar-refractivity contribution >= 4 is 34.2 Å². The molecule has 1 unspecified atom stereocenters. The Hall–Kier alpha value is -3.81. The maximum absolute atomic E-state index is 13.5. The van der Waals surface area contributed by atoms with Crippen molar-refractivity contribution in [1.82, 2.24) is 9.47 Å². The quantitative estimate of drug-likeness (QED) is 0.495. The predicted molar refractivity (Wildman–Crippen MR) is 148 cm³/mol. The number of aromatic carboxylic acids is 1. The number of carboxylic acid groups (broad SMARTS) is 1. The molecule has 1 aliphatic heterocycles. The Kier molecular flexibility index (Phi) is 7.57. The third kappa shape index (κ3) is 5.48. The molecule has 1 fully saturated rings. The van der Waals surface area contributed by atoms with Crippen LogP contribution in [0.1, 0.15) is 54.7 Å². The van der Waals surface area contributed by atoms with Gasteiger partial charge in [-0.05, 0) is 60.5 Å². The second-order valence-electron chi connectivity index (χ2n) is 10.4. The summed E-state index contributed by atoms with van der Waals surface area (Å²) >= 11 is 0. The number of aryl methyl sites for hydroxylation is 1. The number of carboxylic acids is 1. The maximum atomic E-state index is 13.5. The van der Waals surface area contributed by atoms with Crippen molar-refractivity contribution in [2.75, 3.05) is 36.4 Å². The monoisotopic (exact) mass is 504 g/mol. The van der Waals surface area contributed by atoms with E-state index in [1.165, 1.54) is 0 Å². The van der Waals surface area contributed by atoms with Gasteiger partial charge in [-0.1, -0.05) is 32.0 Å². The van der Waals surface area contributed by atoms with E-state index < -0.39 is 5.97 Å². The molecule has 0 aliphatic carbocycles. The van der Waals surface area contributed by atoms with Gasteiger partial charge in [0.25, 0.3) is 5.56 Å². The average molecular weight is 505 g/mol. The minimum Gasteiger partial charge on any atom is -0.478 e. The van der Waals surface area contributed by atoms with Gasteiger partial charge in [-0.2, -0.15) is 0 Å². The van der Waals surface area contributed by atoms with Crippen molar-refractivity contribution in [3.8, 4) is 0 Å². The van der Waals surface area contributed by atoms with E-state index in [0.717, 1.165) is 22.3 Å². The molecule has 0 spiro atoms. The van der Waals surface area contributed by atoms with Crippen molar-refractivity contribution in [3.05, 3.63) is 69.5 Å². The van der Waals surface area contributed by atoms with E-state index in [1.54, 1.807) is 35.9 Å². The molecule has 1 atom stereocenters. The van der Waals surface area contributed by atoms with Gasteiger partial charge < -0.3 is 20.2 Å². The maximum Gasteiger partial charge on any atom is 0.337 e. The predicted octanol–water partition coefficient (Wildman–Crippen LogP) is 4.41. The molecule has 2 aromatic carbocycles. The highest BCUT2D eigenvalue weighted by Crippen LogP contribution is 2.31. The van der Waals surface area contributed by atoms with Crippen LogP contribution in [0.15, 0.2) is 47.3 Å². The van der Waals surface area contributed by atoms with Gasteiger partial charge in [-0.25, -0.2) is 4.79 Å². The topological polar surface area (TPSA) is 94.9 Å². The van der Waals surface area contributed by atoms with Gasteiger partial charge in [0, 0.05) is 56.8 Å². The van der Waals surface area contributed by atoms with Crippen LogP contribution in [0.3, 0.4) is 0 Å². The molecule has 1 saturated heterocycles. The molecule has 2 N–H and O–H groups in total. The molecule has 0 radical (unpaired) electrons. The van der Waals surface area contributed by atoms with Crippen LogP contribution >= 0.6 is 0 Å². The first kappa shape index (κ1) is 26.3. The minimum absolute atomic E-state index is 0.0751. The zero-order valence-corrected chi connectivity index (χ0v) is 22.2. The van der Waals surface area contributed by atoms with Crippen molar-refractivity contribution < 1.29 is 14.7 Å². The number of nitrogens with one attached hydrogen (secondary N) is 1. The molecule has 0 saturated carbocycles. The Bertz CT molecular complexity index is 1390. The van der Waals surface area contributed by atoms with Crippen LogP contribution < -0.4 is 15.8 Å². The number of rotatable bonds is 7. The summed E-state index contributed by atoms with van der Waals surface area (Å²) in [5, 5.41) is 14.4. The first-order chi connectivity index (χ1) is 17.6. The number of hydrogen-bond acceptors (Lipinski definition) is 5. The number of carbonyl (C=O) groups excluding carboxylic acids is 1. The van der Waals surface area contributed by atoms with E-state index in [2.05, 4.69) is 36.2 Å². The first-order valence-corrected chi connectivity index (χ1v) is 12.8. The van der Waals surface area contributed by atoms with Gasteiger partial charge in [0.15, 0.2) is 0 Å². The van der Waals surface area contributed by atoms with Crippen molar-refractivity contribution in [2.45, 2.75) is 40.2 Å². The fourth-order valence-electron chi connectivity index (χ4n) is 5.11. The summed E-state index contributed by atoms with van der Waals surface area (Å²) in [6.45, 7) is 10.6. The molecular formula is C29H36N4O4. The van der Waals surface area contributed by atoms with E-state index in [1.807, 2.05) is 24.8 Å². The molecule has 8 heteroatoms. The number of hydrogen-bond donors (Lipinski definition) is 2. The number of pyridine rings is 1. The zero-order valence-electron chi connectivity index (χ0n) is 22.2. The number of aromatic nitrogens is 1. The molecule has 4 rings (SSSR count). The summed E-state index contributed by atoms with van der Waals surface area (Å²) < 4.78 is 1.69. The van der Waals surface area contributed by atoms with Gasteiger partial charge >= 0.3 is 5.97 Å². The molecule has 8 nitrogen and oxygen atoms in total. The Morgan fingerprint density at radius 1 is 1.00 bits per heavy atom. The lowest BCUT2D eigenvalue weighted by Crippen LogP contribution is -2.50. The molecule has 1 aliphatic rings. The minimum atomic E-state index is -0.994. The third-order valence-electron chi connectivity index (χ3n) is 7.04. The molecular weight excluding hydrogens is 468 g/mol. The molecule has 0 bridgehead atoms. The third-order valence-corrected chi connectivity index (χ3v) is 7.04. The summed E-state index contributed by atoms with van der Waals surface area (Å²) in [6, 6.07) is 12.6. The van der Waals surface area contributed by atoms with E-state index in [4.69, 9.17) is 0 Å². The second kappa shape index (κ2) is 10.7. The van der Waals surface area contributed by atoms with Crippen LogP contribution in [0.4, 0.5) is 11.5 Å². The number of para-hydroxylation sites is 1. The van der Waals surface area contributed by atoms with Gasteiger partial charge in [-0.3, -0.25) is 14.2 Å². The fourth-order valence-corrected chi connectivity index (χ4v) is 5.11. The molecule has 196 valence electrons. The molecule has 37 heavy (non-hydrogen) atoms. The highest BCUT2D eigenvalue weighted by molar-refractivity contribution is 5.94. The Morgan fingerprint density at radius 3 is 2.32 bits per heavy atom. The number of anilines is 2. The summed E-state index contributed by atoms with van der Waals surface area (Å²) in [5.41, 5.74) is 2.55. The highest BCUT2D eigenvalue weighted by atomic mass is 16.4. The Labute approximate surface area is 217 Å². The van der Waals surface area contributed by atoms with Crippen molar-refractivity contribution in [2.24, 2.45) is 13.0 Å². The summed E-state index contributed by atoms with van der Waals surface area (Å²) in [5.74, 6) is 0.330. The smallest absolute Gasteiger partial charge is 0.337 e. The number of carbonyl (C=O) groups is 2. The van der Waals surface area contributed by atoms with Gasteiger partial charge in [0.2, 0.25) is 5.91 Å². The van der Waals surface area contributed by atoms with E-state index in [0.29, 0.717) is 49.6 Å². The summed E-state index contributed by atoms with van der Waals surface area (Å²) in [7, 11) is 1.79. The van der Waals surface area contributed by atoms with Crippen LogP contribution in [-0.2, 0) is 11.8 Å². The van der Waals surface area contributed by atoms with E-state index >= 15 is 0 Å². The zero-order chi connectivity index (χ0) is 26.9. The van der Waals surface area contributed by atoms with Crippen LogP contribution in [0, 0.1) is 12.8 Å². The summed E-state index contributed by atoms with van der Waals surface area (Å²) in [4.78, 5) is 41.8. The fraction of sp³-hybridized carbons (Fsp3) is 0.414. The Morgan fingerprint density at radius 2 is 1.68 bits per heavy atom. The first-order valence-electron chi connectivity index (χ1n) is 12.8. The average Bonchev–Trinajstić information content (AvgIpc) is 2.86. The summed E-state index contributed by atoms with van der Waals surface area (Å²) in [6.07, 6.45) is 0.549. The van der Waals surface area contributed by atoms with Crippen LogP contribution in [0.2, 0.25) is 0 Å². The van der Waals surface area contributed by atoms with Crippen molar-refractivity contribution in [1.29, 1.82) is 0 Å². The Balaban J connectivity index is 1.69. The molecule has 3 aromatic rings. The van der Waals surface area contributed by atoms with Gasteiger partial charge in [-0.15, -0.1) is 0 Å². The molecule has 1 amide bonds. The highest BCUT2D eigenvalue weighted by Gasteiger charge is 2.24. The second-order valence-corrected chi connectivity index (χ2v) is 10.4. The molecule has 1 aromatic heterocycles. The van der Waals surface area contributed by atoms with Crippen LogP contribution in [0.25, 0.3) is 10.8 Å². The lowest BCUT2D eigenvalue weighted by atomic mass is 9.97. The van der Waals surface area contributed by atoms with E-state index in [9.17, 15) is 19.5 Å². The van der Waals surface area contributed by atoms with Crippen LogP contribution in [-0.4, -0.2) is 52.6 Å². The lowest BCUT2D eigenvalue weighted by molar-refractivity contribution is -0.132. The number of amides is 1.